The molecular formula is C12H11ClN4O2. The summed E-state index contributed by atoms with van der Waals surface area (Å²) in [5, 5.41) is 12.1. The fourth-order valence-electron chi connectivity index (χ4n) is 1.47. The van der Waals surface area contributed by atoms with Gasteiger partial charge >= 0.3 is 0 Å². The first-order valence-electron chi connectivity index (χ1n) is 5.36. The topological polar surface area (TPSA) is 93.6 Å². The molecule has 2 aromatic heterocycles. The highest BCUT2D eigenvalue weighted by atomic mass is 35.5. The second-order valence-electron chi connectivity index (χ2n) is 3.62. The molecule has 0 radical (unpaired) electrons. The van der Waals surface area contributed by atoms with Crippen LogP contribution < -0.4 is 10.5 Å². The van der Waals surface area contributed by atoms with Crippen LogP contribution >= 0.6 is 11.6 Å². The second-order valence-corrected chi connectivity index (χ2v) is 4.06. The molecule has 19 heavy (non-hydrogen) atoms. The zero-order valence-electron chi connectivity index (χ0n) is 9.82. The molecule has 2 heterocycles. The Morgan fingerprint density at radius 2 is 2.32 bits per heavy atom. The Labute approximate surface area is 114 Å². The van der Waals surface area contributed by atoms with Crippen LogP contribution in [0.5, 0.6) is 5.75 Å². The third-order valence-electron chi connectivity index (χ3n) is 2.32. The Kier molecular flexibility index (Phi) is 4.15. The zero-order chi connectivity index (χ0) is 13.7. The molecule has 0 aliphatic heterocycles. The van der Waals surface area contributed by atoms with Gasteiger partial charge in [0.25, 0.3) is 0 Å². The zero-order valence-corrected chi connectivity index (χ0v) is 10.6. The molecule has 0 aliphatic rings. The molecule has 0 aliphatic carbocycles. The van der Waals surface area contributed by atoms with Crippen molar-refractivity contribution in [2.24, 2.45) is 10.9 Å². The second kappa shape index (κ2) is 6.01. The Balaban J connectivity index is 2.16. The van der Waals surface area contributed by atoms with E-state index < -0.39 is 0 Å². The number of aromatic nitrogens is 2. The number of hydrogen-bond acceptors (Lipinski definition) is 5. The first-order chi connectivity index (χ1) is 9.20. The van der Waals surface area contributed by atoms with Gasteiger partial charge in [-0.3, -0.25) is 9.97 Å². The van der Waals surface area contributed by atoms with Gasteiger partial charge in [0.2, 0.25) is 0 Å². The van der Waals surface area contributed by atoms with E-state index in [-0.39, 0.29) is 12.4 Å². The molecular weight excluding hydrogens is 268 g/mol. The maximum atomic E-state index is 8.69. The van der Waals surface area contributed by atoms with Gasteiger partial charge in [-0.05, 0) is 6.07 Å². The van der Waals surface area contributed by atoms with Crippen LogP contribution in [0.3, 0.4) is 0 Å². The van der Waals surface area contributed by atoms with Crippen molar-refractivity contribution >= 4 is 17.4 Å². The summed E-state index contributed by atoms with van der Waals surface area (Å²) in [6.07, 6.45) is 4.61. The SMILES string of the molecule is NC(=NO)c1ncccc1COc1cncc(Cl)c1. The van der Waals surface area contributed by atoms with E-state index >= 15 is 0 Å². The van der Waals surface area contributed by atoms with E-state index in [2.05, 4.69) is 15.1 Å². The minimum absolute atomic E-state index is 0.0663. The maximum Gasteiger partial charge on any atom is 0.189 e. The van der Waals surface area contributed by atoms with Crippen molar-refractivity contribution in [3.8, 4) is 5.75 Å². The highest BCUT2D eigenvalue weighted by Gasteiger charge is 2.08. The lowest BCUT2D eigenvalue weighted by Gasteiger charge is -2.09. The standard InChI is InChI=1S/C12H11ClN4O2/c13-9-4-10(6-15-5-9)19-7-8-2-1-3-16-11(8)12(14)17-18/h1-6,18H,7H2,(H2,14,17). The van der Waals surface area contributed by atoms with Gasteiger partial charge in [-0.25, -0.2) is 0 Å². The summed E-state index contributed by atoms with van der Waals surface area (Å²) in [5.74, 6) is 0.463. The van der Waals surface area contributed by atoms with Crippen molar-refractivity contribution in [1.29, 1.82) is 0 Å². The number of nitrogens with two attached hydrogens (primary N) is 1. The van der Waals surface area contributed by atoms with E-state index in [1.807, 2.05) is 0 Å². The van der Waals surface area contributed by atoms with Crippen molar-refractivity contribution in [3.63, 3.8) is 0 Å². The lowest BCUT2D eigenvalue weighted by molar-refractivity contribution is 0.303. The van der Waals surface area contributed by atoms with Crippen molar-refractivity contribution < 1.29 is 9.94 Å². The quantitative estimate of drug-likeness (QED) is 0.385. The first kappa shape index (κ1) is 13.1. The van der Waals surface area contributed by atoms with E-state index in [4.69, 9.17) is 27.3 Å². The van der Waals surface area contributed by atoms with Crippen LogP contribution in [0.1, 0.15) is 11.3 Å². The molecule has 0 aromatic carbocycles. The maximum absolute atomic E-state index is 8.69. The number of hydrogen-bond donors (Lipinski definition) is 2. The summed E-state index contributed by atoms with van der Waals surface area (Å²) < 4.78 is 5.53. The Morgan fingerprint density at radius 3 is 3.05 bits per heavy atom. The molecule has 98 valence electrons. The third-order valence-corrected chi connectivity index (χ3v) is 2.52. The number of pyridine rings is 2. The summed E-state index contributed by atoms with van der Waals surface area (Å²) in [5.41, 5.74) is 6.60. The molecule has 6 nitrogen and oxygen atoms in total. The number of amidine groups is 1. The van der Waals surface area contributed by atoms with Gasteiger partial charge in [0.15, 0.2) is 5.84 Å². The van der Waals surface area contributed by atoms with Crippen molar-refractivity contribution in [2.75, 3.05) is 0 Å². The van der Waals surface area contributed by atoms with E-state index in [0.29, 0.717) is 22.0 Å². The minimum Gasteiger partial charge on any atom is -0.487 e. The van der Waals surface area contributed by atoms with Crippen LogP contribution in [0.25, 0.3) is 0 Å². The molecule has 0 fully saturated rings. The fraction of sp³-hybridized carbons (Fsp3) is 0.0833. The van der Waals surface area contributed by atoms with E-state index in [0.717, 1.165) is 0 Å². The fourth-order valence-corrected chi connectivity index (χ4v) is 1.63. The largest absolute Gasteiger partial charge is 0.487 e. The van der Waals surface area contributed by atoms with Crippen LogP contribution in [0.15, 0.2) is 41.9 Å². The Morgan fingerprint density at radius 1 is 1.47 bits per heavy atom. The third kappa shape index (κ3) is 3.32. The molecule has 0 unspecified atom stereocenters. The predicted molar refractivity (Wildman–Crippen MR) is 70.3 cm³/mol. The summed E-state index contributed by atoms with van der Waals surface area (Å²) in [6.45, 7) is 0.210. The average Bonchev–Trinajstić information content (AvgIpc) is 2.45. The Hall–Kier alpha value is -2.34. The van der Waals surface area contributed by atoms with Crippen LogP contribution in [0.4, 0.5) is 0 Å². The van der Waals surface area contributed by atoms with E-state index in [1.54, 1.807) is 30.6 Å². The van der Waals surface area contributed by atoms with Crippen LogP contribution in [-0.2, 0) is 6.61 Å². The molecule has 7 heteroatoms. The molecule has 2 aromatic rings. The summed E-state index contributed by atoms with van der Waals surface area (Å²) in [7, 11) is 0. The lowest BCUT2D eigenvalue weighted by atomic mass is 10.2. The number of oxime groups is 1. The van der Waals surface area contributed by atoms with Gasteiger partial charge < -0.3 is 15.7 Å². The minimum atomic E-state index is -0.0663. The summed E-state index contributed by atoms with van der Waals surface area (Å²) in [4.78, 5) is 7.95. The lowest BCUT2D eigenvalue weighted by Crippen LogP contribution is -2.18. The van der Waals surface area contributed by atoms with E-state index in [1.165, 1.54) is 6.20 Å². The van der Waals surface area contributed by atoms with Gasteiger partial charge in [0.1, 0.15) is 18.1 Å². The predicted octanol–water partition coefficient (Wildman–Crippen LogP) is 1.80. The molecule has 0 saturated heterocycles. The normalized spacial score (nSPS) is 11.3. The number of ether oxygens (including phenoxy) is 1. The van der Waals surface area contributed by atoms with Gasteiger partial charge in [-0.15, -0.1) is 0 Å². The Bertz CT molecular complexity index is 604. The van der Waals surface area contributed by atoms with E-state index in [9.17, 15) is 0 Å². The van der Waals surface area contributed by atoms with Gasteiger partial charge in [-0.2, -0.15) is 0 Å². The smallest absolute Gasteiger partial charge is 0.189 e. The molecule has 3 N–H and O–H groups in total. The molecule has 2 rings (SSSR count). The first-order valence-corrected chi connectivity index (χ1v) is 5.73. The van der Waals surface area contributed by atoms with Crippen molar-refractivity contribution in [2.45, 2.75) is 6.61 Å². The summed E-state index contributed by atoms with van der Waals surface area (Å²) in [6, 6.07) is 5.16. The van der Waals surface area contributed by atoms with Gasteiger partial charge in [0, 0.05) is 24.0 Å². The van der Waals surface area contributed by atoms with Crippen molar-refractivity contribution in [3.05, 3.63) is 53.1 Å². The monoisotopic (exact) mass is 278 g/mol. The van der Waals surface area contributed by atoms with Crippen LogP contribution in [0.2, 0.25) is 5.02 Å². The molecule has 0 amide bonds. The molecule has 0 spiro atoms. The van der Waals surface area contributed by atoms with Gasteiger partial charge in [0.05, 0.1) is 11.2 Å². The highest BCUT2D eigenvalue weighted by molar-refractivity contribution is 6.30. The number of nitrogens with zero attached hydrogens (tertiary/aromatic N) is 3. The molecule has 0 atom stereocenters. The number of rotatable bonds is 4. The highest BCUT2D eigenvalue weighted by Crippen LogP contribution is 2.17. The van der Waals surface area contributed by atoms with Crippen LogP contribution in [-0.4, -0.2) is 21.0 Å². The van der Waals surface area contributed by atoms with Gasteiger partial charge in [-0.1, -0.05) is 22.8 Å². The molecule has 0 saturated carbocycles. The number of halogens is 1. The molecule has 0 bridgehead atoms. The average molecular weight is 279 g/mol. The summed E-state index contributed by atoms with van der Waals surface area (Å²) >= 11 is 5.80. The van der Waals surface area contributed by atoms with Crippen molar-refractivity contribution in [1.82, 2.24) is 9.97 Å². The van der Waals surface area contributed by atoms with Crippen LogP contribution in [0, 0.1) is 0 Å².